The van der Waals surface area contributed by atoms with E-state index in [4.69, 9.17) is 0 Å². The third-order valence-corrected chi connectivity index (χ3v) is 2.78. The van der Waals surface area contributed by atoms with Crippen LogP contribution < -0.4 is 0 Å². The van der Waals surface area contributed by atoms with Gasteiger partial charge in [-0.3, -0.25) is 4.57 Å². The fraction of sp³-hybridized carbons (Fsp3) is 0.250. The summed E-state index contributed by atoms with van der Waals surface area (Å²) >= 11 is 0. The quantitative estimate of drug-likeness (QED) is 0.775. The number of nitrogens with zero attached hydrogens (tertiary/aromatic N) is 2. The molecule has 0 bridgehead atoms. The van der Waals surface area contributed by atoms with Gasteiger partial charge in [-0.1, -0.05) is 12.1 Å². The van der Waals surface area contributed by atoms with Gasteiger partial charge in [-0.2, -0.15) is 30.7 Å². The van der Waals surface area contributed by atoms with Crippen LogP contribution in [0.15, 0.2) is 43.0 Å². The molecule has 0 aliphatic heterocycles. The van der Waals surface area contributed by atoms with Crippen molar-refractivity contribution in [3.8, 4) is 0 Å². The molecular weight excluding hydrogens is 305 g/mol. The summed E-state index contributed by atoms with van der Waals surface area (Å²) in [5, 5.41) is 0. The van der Waals surface area contributed by atoms with Gasteiger partial charge in [-0.05, 0) is 12.1 Å². The molecule has 0 spiro atoms. The van der Waals surface area contributed by atoms with E-state index < -0.39 is 29.3 Å². The van der Waals surface area contributed by atoms with E-state index in [-0.39, 0.29) is 4.57 Å². The van der Waals surface area contributed by atoms with E-state index in [1.807, 2.05) is 0 Å². The van der Waals surface area contributed by atoms with Crippen LogP contribution in [-0.2, 0) is 18.1 Å². The third-order valence-electron chi connectivity index (χ3n) is 2.78. The zero-order valence-corrected chi connectivity index (χ0v) is 10.1. The third kappa shape index (κ3) is 2.59. The van der Waals surface area contributed by atoms with E-state index in [2.05, 4.69) is 4.98 Å². The molecule has 0 atom stereocenters. The Hall–Kier alpha value is -2.06. The molecule has 0 radical (unpaired) electrons. The Kier molecular flexibility index (Phi) is 3.46. The van der Waals surface area contributed by atoms with E-state index in [1.54, 1.807) is 0 Å². The Morgan fingerprint density at radius 1 is 0.810 bits per heavy atom. The first-order valence-corrected chi connectivity index (χ1v) is 5.48. The maximum absolute atomic E-state index is 13.8. The highest BCUT2D eigenvalue weighted by Gasteiger charge is 2.59. The van der Waals surface area contributed by atoms with Gasteiger partial charge in [0.05, 0.1) is 11.9 Å². The predicted molar refractivity (Wildman–Crippen MR) is 57.8 cm³/mol. The van der Waals surface area contributed by atoms with Gasteiger partial charge in [0.2, 0.25) is 0 Å². The van der Waals surface area contributed by atoms with Crippen molar-refractivity contribution >= 4 is 0 Å². The minimum Gasteiger partial charge on any atom is -0.272 e. The topological polar surface area (TPSA) is 17.8 Å². The number of alkyl halides is 7. The number of imidazole rings is 1. The summed E-state index contributed by atoms with van der Waals surface area (Å²) in [7, 11) is 0. The highest BCUT2D eigenvalue weighted by molar-refractivity contribution is 5.28. The number of benzene rings is 1. The van der Waals surface area contributed by atoms with Crippen LogP contribution in [0.1, 0.15) is 11.1 Å². The van der Waals surface area contributed by atoms with Crippen molar-refractivity contribution in [2.24, 2.45) is 0 Å². The smallest absolute Gasteiger partial charge is 0.272 e. The van der Waals surface area contributed by atoms with Gasteiger partial charge in [0.1, 0.15) is 0 Å². The molecule has 114 valence electrons. The van der Waals surface area contributed by atoms with Crippen LogP contribution in [0.4, 0.5) is 30.7 Å². The highest BCUT2D eigenvalue weighted by atomic mass is 19.4. The molecule has 2 aromatic rings. The number of rotatable bonds is 3. The molecular formula is C12H7F7N2. The normalized spacial score (nSPS) is 13.5. The number of halogens is 7. The SMILES string of the molecule is FC(F)(F)c1ccc(C(F)(F)C(F)(F)n2ccnc2)cc1. The lowest BCUT2D eigenvalue weighted by Gasteiger charge is -2.27. The van der Waals surface area contributed by atoms with Crippen LogP contribution in [0.25, 0.3) is 0 Å². The molecule has 2 nitrogen and oxygen atoms in total. The minimum atomic E-state index is -4.74. The average Bonchev–Trinajstić information content (AvgIpc) is 2.92. The summed E-state index contributed by atoms with van der Waals surface area (Å²) < 4.78 is 92.0. The van der Waals surface area contributed by atoms with Crippen molar-refractivity contribution in [2.75, 3.05) is 0 Å². The van der Waals surface area contributed by atoms with Crippen LogP contribution in [0, 0.1) is 0 Å². The molecule has 1 heterocycles. The Morgan fingerprint density at radius 3 is 1.76 bits per heavy atom. The van der Waals surface area contributed by atoms with Crippen molar-refractivity contribution in [3.05, 3.63) is 54.1 Å². The van der Waals surface area contributed by atoms with Crippen LogP contribution in [0.2, 0.25) is 0 Å². The Bertz CT molecular complexity index is 600. The maximum Gasteiger partial charge on any atom is 0.416 e. The second-order valence-electron chi connectivity index (χ2n) is 4.16. The lowest BCUT2D eigenvalue weighted by Crippen LogP contribution is -2.40. The van der Waals surface area contributed by atoms with Crippen molar-refractivity contribution in [2.45, 2.75) is 18.1 Å². The summed E-state index contributed by atoms with van der Waals surface area (Å²) in [5.74, 6) is -4.70. The van der Waals surface area contributed by atoms with E-state index in [9.17, 15) is 30.7 Å². The Balaban J connectivity index is 2.40. The molecule has 0 amide bonds. The summed E-state index contributed by atoms with van der Waals surface area (Å²) in [6.07, 6.45) is -2.71. The van der Waals surface area contributed by atoms with Gasteiger partial charge in [-0.15, -0.1) is 0 Å². The number of hydrogen-bond donors (Lipinski definition) is 0. The molecule has 21 heavy (non-hydrogen) atoms. The molecule has 2 rings (SSSR count). The van der Waals surface area contributed by atoms with Gasteiger partial charge in [0, 0.05) is 18.0 Å². The Labute approximate surface area is 113 Å². The first-order chi connectivity index (χ1) is 9.57. The molecule has 0 aliphatic carbocycles. The van der Waals surface area contributed by atoms with Gasteiger partial charge in [-0.25, -0.2) is 4.98 Å². The van der Waals surface area contributed by atoms with Gasteiger partial charge in [0.15, 0.2) is 0 Å². The van der Waals surface area contributed by atoms with Gasteiger partial charge >= 0.3 is 18.1 Å². The van der Waals surface area contributed by atoms with Crippen LogP contribution >= 0.6 is 0 Å². The average molecular weight is 312 g/mol. The maximum atomic E-state index is 13.8. The standard InChI is InChI=1S/C12H7F7N2/c13-10(14,12(18,19)21-6-5-20-7-21)8-1-3-9(4-2-8)11(15,16)17/h1-7H. The monoisotopic (exact) mass is 312 g/mol. The van der Waals surface area contributed by atoms with Gasteiger partial charge in [0.25, 0.3) is 0 Å². The molecule has 1 aromatic carbocycles. The highest BCUT2D eigenvalue weighted by Crippen LogP contribution is 2.46. The van der Waals surface area contributed by atoms with Gasteiger partial charge < -0.3 is 0 Å². The largest absolute Gasteiger partial charge is 0.416 e. The van der Waals surface area contributed by atoms with Crippen LogP contribution in [0.5, 0.6) is 0 Å². The molecule has 9 heteroatoms. The molecule has 0 saturated carbocycles. The lowest BCUT2D eigenvalue weighted by molar-refractivity contribution is -0.268. The molecule has 0 unspecified atom stereocenters. The van der Waals surface area contributed by atoms with Crippen molar-refractivity contribution in [3.63, 3.8) is 0 Å². The van der Waals surface area contributed by atoms with Crippen LogP contribution in [-0.4, -0.2) is 9.55 Å². The zero-order chi connectivity index (χ0) is 15.9. The van der Waals surface area contributed by atoms with E-state index >= 15 is 0 Å². The van der Waals surface area contributed by atoms with Crippen molar-refractivity contribution in [1.82, 2.24) is 9.55 Å². The zero-order valence-electron chi connectivity index (χ0n) is 10.1. The summed E-state index contributed by atoms with van der Waals surface area (Å²) in [6, 6.07) is -3.36. The molecule has 1 aromatic heterocycles. The fourth-order valence-corrected chi connectivity index (χ4v) is 1.63. The fourth-order valence-electron chi connectivity index (χ4n) is 1.63. The van der Waals surface area contributed by atoms with Crippen molar-refractivity contribution < 1.29 is 30.7 Å². The van der Waals surface area contributed by atoms with E-state index in [0.29, 0.717) is 36.8 Å². The molecule has 0 N–H and O–H groups in total. The summed E-state index contributed by atoms with van der Waals surface area (Å²) in [5.41, 5.74) is -2.43. The van der Waals surface area contributed by atoms with E-state index in [1.165, 1.54) is 0 Å². The number of aromatic nitrogens is 2. The number of hydrogen-bond acceptors (Lipinski definition) is 1. The first kappa shape index (κ1) is 15.3. The second-order valence-corrected chi connectivity index (χ2v) is 4.16. The van der Waals surface area contributed by atoms with E-state index in [0.717, 1.165) is 6.20 Å². The summed E-state index contributed by atoms with van der Waals surface area (Å²) in [4.78, 5) is 3.24. The lowest BCUT2D eigenvalue weighted by atomic mass is 10.0. The molecule has 0 fully saturated rings. The second kappa shape index (κ2) is 4.74. The Morgan fingerprint density at radius 2 is 1.33 bits per heavy atom. The minimum absolute atomic E-state index is 0.106. The molecule has 0 aliphatic rings. The predicted octanol–water partition coefficient (Wildman–Crippen LogP) is 4.24. The van der Waals surface area contributed by atoms with Crippen molar-refractivity contribution in [1.29, 1.82) is 0 Å². The van der Waals surface area contributed by atoms with Crippen LogP contribution in [0.3, 0.4) is 0 Å². The molecule has 0 saturated heterocycles. The first-order valence-electron chi connectivity index (χ1n) is 5.48. The summed E-state index contributed by atoms with van der Waals surface area (Å²) in [6.45, 7) is 0.